The minimum atomic E-state index is -0.553. The summed E-state index contributed by atoms with van der Waals surface area (Å²) in [5, 5.41) is 17.2. The Kier molecular flexibility index (Phi) is 7.54. The molecule has 0 saturated heterocycles. The Morgan fingerprint density at radius 3 is 2.46 bits per heavy atom. The molecule has 0 fully saturated rings. The molecular formula is C27H33BrN6O. The number of hydrogen-bond acceptors (Lipinski definition) is 6. The number of imidazole rings is 1. The number of halogens is 1. The van der Waals surface area contributed by atoms with Crippen LogP contribution in [0, 0.1) is 0 Å². The first-order chi connectivity index (χ1) is 16.7. The summed E-state index contributed by atoms with van der Waals surface area (Å²) in [7, 11) is 0. The summed E-state index contributed by atoms with van der Waals surface area (Å²) in [6.45, 7) is 11.0. The van der Waals surface area contributed by atoms with Crippen molar-refractivity contribution >= 4 is 27.5 Å². The quantitative estimate of drug-likeness (QED) is 0.267. The molecule has 0 unspecified atom stereocenters. The second-order valence-corrected chi connectivity index (χ2v) is 10.6. The number of nitrogens with one attached hydrogen (secondary N) is 2. The Hall–Kier alpha value is -2.81. The summed E-state index contributed by atoms with van der Waals surface area (Å²) in [5.74, 6) is 0.538. The van der Waals surface area contributed by atoms with Crippen molar-refractivity contribution in [3.05, 3.63) is 76.2 Å². The van der Waals surface area contributed by atoms with Crippen LogP contribution in [0.1, 0.15) is 63.5 Å². The largest absolute Gasteiger partial charge is 0.387 e. The van der Waals surface area contributed by atoms with Crippen LogP contribution in [-0.2, 0) is 6.42 Å². The number of aliphatic hydroxyl groups is 1. The van der Waals surface area contributed by atoms with Crippen molar-refractivity contribution in [1.82, 2.24) is 24.7 Å². The van der Waals surface area contributed by atoms with Crippen LogP contribution in [0.25, 0.3) is 17.0 Å². The standard InChI is InChI=1S/C27H33BrN6O/c1-6-18-8-7-13-34-22(15-29-25(18)34)24-21(28)14-30-26(33-24)32-17(2)19-9-11-20(12-10-19)23(35)16-31-27(3,4)5/h7-15,17,23,31,35H,6,16H2,1-5H3,(H,30,32,33)/t17-,23-/m0/s1. The van der Waals surface area contributed by atoms with Gasteiger partial charge in [0.2, 0.25) is 5.95 Å². The van der Waals surface area contributed by atoms with E-state index in [0.717, 1.165) is 39.1 Å². The number of rotatable bonds is 8. The number of aryl methyl sites for hydroxylation is 1. The number of pyridine rings is 1. The van der Waals surface area contributed by atoms with Gasteiger partial charge in [0.05, 0.1) is 28.5 Å². The minimum Gasteiger partial charge on any atom is -0.387 e. The fourth-order valence-corrected chi connectivity index (χ4v) is 4.34. The maximum atomic E-state index is 10.5. The monoisotopic (exact) mass is 536 g/mol. The zero-order valence-electron chi connectivity index (χ0n) is 20.9. The SMILES string of the molecule is CCc1cccn2c(-c3nc(N[C@@H](C)c4ccc([C@@H](O)CNC(C)(C)C)cc4)ncc3Br)cnc12. The van der Waals surface area contributed by atoms with Gasteiger partial charge in [0.15, 0.2) is 0 Å². The maximum absolute atomic E-state index is 10.5. The second kappa shape index (κ2) is 10.4. The average Bonchev–Trinajstić information content (AvgIpc) is 3.27. The number of β-amino-alcohol motifs (C(OH)–C–C–N with tert-alkyl or cyclic N) is 1. The highest BCUT2D eigenvalue weighted by Crippen LogP contribution is 2.29. The first-order valence-electron chi connectivity index (χ1n) is 11.9. The minimum absolute atomic E-state index is 0.0169. The fourth-order valence-electron chi connectivity index (χ4n) is 3.94. The van der Waals surface area contributed by atoms with Crippen LogP contribution < -0.4 is 10.6 Å². The third kappa shape index (κ3) is 5.89. The van der Waals surface area contributed by atoms with Gasteiger partial charge >= 0.3 is 0 Å². The van der Waals surface area contributed by atoms with E-state index in [1.807, 2.05) is 42.7 Å². The van der Waals surface area contributed by atoms with E-state index in [9.17, 15) is 5.11 Å². The van der Waals surface area contributed by atoms with Crippen molar-refractivity contribution in [3.8, 4) is 11.4 Å². The van der Waals surface area contributed by atoms with E-state index in [4.69, 9.17) is 4.98 Å². The van der Waals surface area contributed by atoms with Gasteiger partial charge in [-0.2, -0.15) is 0 Å². The molecule has 0 aliphatic heterocycles. The van der Waals surface area contributed by atoms with Crippen LogP contribution in [0.4, 0.5) is 5.95 Å². The molecule has 35 heavy (non-hydrogen) atoms. The van der Waals surface area contributed by atoms with E-state index in [0.29, 0.717) is 12.5 Å². The highest BCUT2D eigenvalue weighted by Gasteiger charge is 2.17. The molecule has 7 nitrogen and oxygen atoms in total. The lowest BCUT2D eigenvalue weighted by Crippen LogP contribution is -2.38. The number of aromatic nitrogens is 4. The Bertz CT molecular complexity index is 1300. The van der Waals surface area contributed by atoms with E-state index >= 15 is 0 Å². The van der Waals surface area contributed by atoms with Crippen LogP contribution in [-0.4, -0.2) is 36.5 Å². The lowest BCUT2D eigenvalue weighted by atomic mass is 10.0. The molecule has 0 spiro atoms. The third-order valence-electron chi connectivity index (χ3n) is 5.98. The predicted molar refractivity (Wildman–Crippen MR) is 144 cm³/mol. The molecule has 3 heterocycles. The van der Waals surface area contributed by atoms with Crippen molar-refractivity contribution in [2.45, 2.75) is 58.7 Å². The number of fused-ring (bicyclic) bond motifs is 1. The zero-order chi connectivity index (χ0) is 25.2. The van der Waals surface area contributed by atoms with Gasteiger partial charge in [0, 0.05) is 24.5 Å². The molecule has 0 aliphatic carbocycles. The Morgan fingerprint density at radius 2 is 1.77 bits per heavy atom. The zero-order valence-corrected chi connectivity index (χ0v) is 22.5. The molecule has 4 aromatic rings. The molecule has 1 aromatic carbocycles. The van der Waals surface area contributed by atoms with Crippen LogP contribution in [0.15, 0.2) is 59.5 Å². The van der Waals surface area contributed by atoms with Gasteiger partial charge in [0.1, 0.15) is 11.3 Å². The molecule has 0 bridgehead atoms. The third-order valence-corrected chi connectivity index (χ3v) is 6.56. The van der Waals surface area contributed by atoms with E-state index in [1.54, 1.807) is 6.20 Å². The first kappa shape index (κ1) is 25.3. The number of anilines is 1. The second-order valence-electron chi connectivity index (χ2n) is 9.79. The Morgan fingerprint density at radius 1 is 1.06 bits per heavy atom. The Balaban J connectivity index is 1.51. The Labute approximate surface area is 215 Å². The van der Waals surface area contributed by atoms with E-state index in [1.165, 1.54) is 5.56 Å². The molecule has 0 aliphatic rings. The molecule has 3 N–H and O–H groups in total. The van der Waals surface area contributed by atoms with E-state index < -0.39 is 6.10 Å². The highest BCUT2D eigenvalue weighted by molar-refractivity contribution is 9.10. The van der Waals surface area contributed by atoms with Gasteiger partial charge in [-0.3, -0.25) is 4.40 Å². The smallest absolute Gasteiger partial charge is 0.223 e. The van der Waals surface area contributed by atoms with Crippen molar-refractivity contribution in [2.24, 2.45) is 0 Å². The fraction of sp³-hybridized carbons (Fsp3) is 0.370. The first-order valence-corrected chi connectivity index (χ1v) is 12.7. The van der Waals surface area contributed by atoms with Crippen molar-refractivity contribution in [1.29, 1.82) is 0 Å². The summed E-state index contributed by atoms with van der Waals surface area (Å²) in [4.78, 5) is 13.9. The summed E-state index contributed by atoms with van der Waals surface area (Å²) in [5.41, 5.74) is 5.75. The van der Waals surface area contributed by atoms with Gasteiger partial charge in [-0.1, -0.05) is 37.3 Å². The lowest BCUT2D eigenvalue weighted by Gasteiger charge is -2.23. The van der Waals surface area contributed by atoms with Gasteiger partial charge in [-0.15, -0.1) is 0 Å². The summed E-state index contributed by atoms with van der Waals surface area (Å²) >= 11 is 3.61. The number of aliphatic hydroxyl groups excluding tert-OH is 1. The average molecular weight is 538 g/mol. The van der Waals surface area contributed by atoms with Gasteiger partial charge in [-0.05, 0) is 72.8 Å². The number of nitrogens with zero attached hydrogens (tertiary/aromatic N) is 4. The molecule has 184 valence electrons. The van der Waals surface area contributed by atoms with Crippen LogP contribution in [0.3, 0.4) is 0 Å². The number of hydrogen-bond donors (Lipinski definition) is 3. The summed E-state index contributed by atoms with van der Waals surface area (Å²) in [6, 6.07) is 12.1. The topological polar surface area (TPSA) is 87.4 Å². The van der Waals surface area contributed by atoms with Crippen molar-refractivity contribution < 1.29 is 5.11 Å². The van der Waals surface area contributed by atoms with Crippen LogP contribution >= 0.6 is 15.9 Å². The van der Waals surface area contributed by atoms with Crippen LogP contribution in [0.5, 0.6) is 0 Å². The van der Waals surface area contributed by atoms with E-state index in [-0.39, 0.29) is 11.6 Å². The molecule has 0 saturated carbocycles. The van der Waals surface area contributed by atoms with Crippen molar-refractivity contribution in [2.75, 3.05) is 11.9 Å². The normalized spacial score (nSPS) is 13.7. The number of benzene rings is 1. The molecule has 0 amide bonds. The molecule has 4 rings (SSSR count). The van der Waals surface area contributed by atoms with Crippen molar-refractivity contribution in [3.63, 3.8) is 0 Å². The molecule has 0 radical (unpaired) electrons. The molecular weight excluding hydrogens is 504 g/mol. The van der Waals surface area contributed by atoms with E-state index in [2.05, 4.69) is 81.6 Å². The lowest BCUT2D eigenvalue weighted by molar-refractivity contribution is 0.163. The predicted octanol–water partition coefficient (Wildman–Crippen LogP) is 5.71. The van der Waals surface area contributed by atoms with Crippen LogP contribution in [0.2, 0.25) is 0 Å². The molecule has 3 aromatic heterocycles. The summed E-state index contributed by atoms with van der Waals surface area (Å²) in [6.07, 6.45) is 5.99. The summed E-state index contributed by atoms with van der Waals surface area (Å²) < 4.78 is 2.87. The molecule has 8 heteroatoms. The highest BCUT2D eigenvalue weighted by atomic mass is 79.9. The van der Waals surface area contributed by atoms with Gasteiger partial charge in [0.25, 0.3) is 0 Å². The van der Waals surface area contributed by atoms with Gasteiger partial charge < -0.3 is 15.7 Å². The maximum Gasteiger partial charge on any atom is 0.223 e. The van der Waals surface area contributed by atoms with Gasteiger partial charge in [-0.25, -0.2) is 15.0 Å². The molecule has 2 atom stereocenters.